The van der Waals surface area contributed by atoms with Crippen molar-refractivity contribution in [2.24, 2.45) is 0 Å². The summed E-state index contributed by atoms with van der Waals surface area (Å²) in [5.74, 6) is 0. The van der Waals surface area contributed by atoms with E-state index in [4.69, 9.17) is 39.2 Å². The molecule has 0 saturated heterocycles. The van der Waals surface area contributed by atoms with Crippen molar-refractivity contribution in [1.82, 2.24) is 0 Å². The fourth-order valence-corrected chi connectivity index (χ4v) is 16.5. The molecule has 6 atom stereocenters. The monoisotopic (exact) mass is 692 g/mol. The predicted octanol–water partition coefficient (Wildman–Crippen LogP) is 8.45. The van der Waals surface area contributed by atoms with E-state index in [0.29, 0.717) is 0 Å². The van der Waals surface area contributed by atoms with Crippen LogP contribution in [0.2, 0.25) is 0 Å². The maximum absolute atomic E-state index is 7.05. The minimum atomic E-state index is -5.03. The Hall–Kier alpha value is 0.748. The van der Waals surface area contributed by atoms with Crippen molar-refractivity contribution < 1.29 is 57.3 Å². The molecule has 0 spiro atoms. The van der Waals surface area contributed by atoms with E-state index in [-0.39, 0.29) is 48.8 Å². The molecule has 0 aliphatic carbocycles. The van der Waals surface area contributed by atoms with Gasteiger partial charge >= 0.3 is 274 Å². The van der Waals surface area contributed by atoms with E-state index in [9.17, 15) is 0 Å². The van der Waals surface area contributed by atoms with E-state index < -0.39 is 36.2 Å². The Bertz CT molecular complexity index is 600. The number of hydrogen-bond donors (Lipinski definition) is 0. The molecule has 0 aromatic carbocycles. The molecule has 0 aromatic heterocycles. The molecule has 0 aliphatic rings. The van der Waals surface area contributed by atoms with Crippen LogP contribution in [0.25, 0.3) is 0 Å². The van der Waals surface area contributed by atoms with Gasteiger partial charge in [0.05, 0.1) is 0 Å². The van der Waals surface area contributed by atoms with Gasteiger partial charge < -0.3 is 0 Å². The number of hydrogen-bond acceptors (Lipinski definition) is 10. The van der Waals surface area contributed by atoms with E-state index in [1.165, 1.54) is 0 Å². The van der Waals surface area contributed by atoms with Crippen LogP contribution in [0.1, 0.15) is 149 Å². The molecule has 0 saturated carbocycles. The summed E-state index contributed by atoms with van der Waals surface area (Å²) in [7, 11) is -7.99. The molecule has 13 heteroatoms. The number of rotatable bonds is 26. The molecule has 10 nitrogen and oxygen atoms in total. The van der Waals surface area contributed by atoms with E-state index in [0.717, 1.165) is 38.5 Å². The maximum atomic E-state index is 7.05. The Labute approximate surface area is 272 Å². The van der Waals surface area contributed by atoms with Crippen LogP contribution in [-0.2, 0) is 57.3 Å². The second kappa shape index (κ2) is 21.6. The molecular weight excluding hydrogens is 624 g/mol. The Morgan fingerprint density at radius 2 is 0.558 bits per heavy atom. The molecule has 0 N–H and O–H groups in total. The molecule has 0 amide bonds. The van der Waals surface area contributed by atoms with Gasteiger partial charge in [-0.25, -0.2) is 0 Å². The van der Waals surface area contributed by atoms with Crippen LogP contribution < -0.4 is 0 Å². The van der Waals surface area contributed by atoms with Crippen LogP contribution in [0.5, 0.6) is 0 Å². The van der Waals surface area contributed by atoms with Crippen LogP contribution in [0.4, 0.5) is 0 Å². The van der Waals surface area contributed by atoms with Crippen LogP contribution in [0, 0.1) is 0 Å². The molecule has 0 bridgehead atoms. The fourth-order valence-electron chi connectivity index (χ4n) is 3.32. The third-order valence-corrected chi connectivity index (χ3v) is 19.0. The summed E-state index contributed by atoms with van der Waals surface area (Å²) >= 11 is -5.03. The van der Waals surface area contributed by atoms with Crippen molar-refractivity contribution in [2.75, 3.05) is 0 Å². The van der Waals surface area contributed by atoms with Crippen molar-refractivity contribution >= 4 is 18.1 Å². The summed E-state index contributed by atoms with van der Waals surface area (Å²) in [5, 5.41) is 0. The Morgan fingerprint density at radius 1 is 0.372 bits per heavy atom. The second-order valence-corrected chi connectivity index (χ2v) is 20.1. The first-order valence-corrected chi connectivity index (χ1v) is 22.6. The van der Waals surface area contributed by atoms with E-state index in [1.54, 1.807) is 0 Å². The standard InChI is InChI=1S/2C12H27O4Si.2C3H7O.Ti/c2*1-7-10(4)14-17(13,15-11(5)8-2)16-12(6)9-3;2*1-3(2)4;/h2*10-12H,7-9H2,1-6H3;2*3H,1-2H3;/q4*-1;+4. The molecule has 0 aromatic rings. The SMILES string of the molecule is CCC(C)O[Si](OC(C)CC)(OC(C)CC)[O][Ti]([O]C(C)C)([O]C(C)C)[O][Si](OC(C)CC)(OC(C)CC)OC(C)CC. The quantitative estimate of drug-likeness (QED) is 0.0823. The Balaban J connectivity index is 7.55. The van der Waals surface area contributed by atoms with Gasteiger partial charge in [0, 0.05) is 0 Å². The summed E-state index contributed by atoms with van der Waals surface area (Å²) in [4.78, 5) is 0. The van der Waals surface area contributed by atoms with E-state index >= 15 is 0 Å². The zero-order valence-electron chi connectivity index (χ0n) is 30.4. The summed E-state index contributed by atoms with van der Waals surface area (Å²) in [5.41, 5.74) is 0. The van der Waals surface area contributed by atoms with Crippen LogP contribution in [0.3, 0.4) is 0 Å². The van der Waals surface area contributed by atoms with Crippen molar-refractivity contribution in [3.8, 4) is 0 Å². The van der Waals surface area contributed by atoms with Gasteiger partial charge in [0.1, 0.15) is 0 Å². The Kier molecular flexibility index (Phi) is 22.0. The first-order chi connectivity index (χ1) is 20.0. The van der Waals surface area contributed by atoms with Gasteiger partial charge in [-0.1, -0.05) is 0 Å². The van der Waals surface area contributed by atoms with Gasteiger partial charge in [-0.05, 0) is 0 Å². The predicted molar refractivity (Wildman–Crippen MR) is 171 cm³/mol. The summed E-state index contributed by atoms with van der Waals surface area (Å²) in [6.07, 6.45) is 2.40. The molecule has 260 valence electrons. The third kappa shape index (κ3) is 16.9. The van der Waals surface area contributed by atoms with Crippen LogP contribution >= 0.6 is 0 Å². The molecule has 0 rings (SSSR count). The topological polar surface area (TPSA) is 92.3 Å². The van der Waals surface area contributed by atoms with E-state index in [1.807, 2.05) is 69.2 Å². The van der Waals surface area contributed by atoms with Gasteiger partial charge in [-0.15, -0.1) is 0 Å². The van der Waals surface area contributed by atoms with Crippen molar-refractivity contribution in [1.29, 1.82) is 0 Å². The van der Waals surface area contributed by atoms with Crippen molar-refractivity contribution in [3.05, 3.63) is 0 Å². The molecule has 6 unspecified atom stereocenters. The van der Waals surface area contributed by atoms with Gasteiger partial charge in [0.15, 0.2) is 0 Å². The summed E-state index contributed by atoms with van der Waals surface area (Å²) in [6, 6.07) is 0. The first kappa shape index (κ1) is 43.7. The van der Waals surface area contributed by atoms with Crippen molar-refractivity contribution in [2.45, 2.75) is 198 Å². The second-order valence-electron chi connectivity index (χ2n) is 12.1. The summed E-state index contributed by atoms with van der Waals surface area (Å²) < 4.78 is 67.3. The van der Waals surface area contributed by atoms with Gasteiger partial charge in [0.25, 0.3) is 0 Å². The zero-order chi connectivity index (χ0) is 33.4. The fraction of sp³-hybridized carbons (Fsp3) is 1.00. The molecule has 0 fully saturated rings. The van der Waals surface area contributed by atoms with E-state index in [2.05, 4.69) is 41.5 Å². The molecule has 0 radical (unpaired) electrons. The first-order valence-electron chi connectivity index (χ1n) is 16.8. The van der Waals surface area contributed by atoms with Gasteiger partial charge in [0.2, 0.25) is 0 Å². The Morgan fingerprint density at radius 3 is 0.698 bits per heavy atom. The molecule has 0 aliphatic heterocycles. The minimum absolute atomic E-state index is 0.218. The van der Waals surface area contributed by atoms with Crippen LogP contribution in [-0.4, -0.2) is 66.9 Å². The van der Waals surface area contributed by atoms with Crippen LogP contribution in [0.15, 0.2) is 0 Å². The summed E-state index contributed by atoms with van der Waals surface area (Å²) in [6.45, 7) is 31.9. The molecule has 43 heavy (non-hydrogen) atoms. The molecule has 0 heterocycles. The normalized spacial score (nSPS) is 20.0. The zero-order valence-corrected chi connectivity index (χ0v) is 34.0. The van der Waals surface area contributed by atoms with Gasteiger partial charge in [-0.2, -0.15) is 0 Å². The average Bonchev–Trinajstić information content (AvgIpc) is 2.90. The third-order valence-electron chi connectivity index (χ3n) is 6.78. The molecular formula is C30H68O10Si2Ti. The average molecular weight is 693 g/mol. The van der Waals surface area contributed by atoms with Gasteiger partial charge in [-0.3, -0.25) is 0 Å². The van der Waals surface area contributed by atoms with Crippen molar-refractivity contribution in [3.63, 3.8) is 0 Å².